The fourth-order valence-electron chi connectivity index (χ4n) is 1.55. The molecule has 17 heavy (non-hydrogen) atoms. The molecule has 0 aliphatic rings. The van der Waals surface area contributed by atoms with Crippen LogP contribution in [0.4, 0.5) is 4.39 Å². The van der Waals surface area contributed by atoms with Crippen LogP contribution in [-0.2, 0) is 13.0 Å². The molecule has 0 radical (unpaired) electrons. The fourth-order valence-corrected chi connectivity index (χ4v) is 2.42. The van der Waals surface area contributed by atoms with E-state index in [-0.39, 0.29) is 5.82 Å². The van der Waals surface area contributed by atoms with Crippen LogP contribution in [0, 0.1) is 5.82 Å². The Hall–Kier alpha value is -0.900. The summed E-state index contributed by atoms with van der Waals surface area (Å²) in [6.07, 6.45) is 0.979. The summed E-state index contributed by atoms with van der Waals surface area (Å²) in [7, 11) is 0. The van der Waals surface area contributed by atoms with Crippen LogP contribution in [0.3, 0.4) is 0 Å². The molecule has 2 aromatic rings. The Balaban J connectivity index is 1.78. The van der Waals surface area contributed by atoms with E-state index in [9.17, 15) is 4.39 Å². The molecular weight excluding hydrogens is 257 g/mol. The molecule has 0 unspecified atom stereocenters. The van der Waals surface area contributed by atoms with E-state index in [0.717, 1.165) is 13.0 Å². The zero-order valence-electron chi connectivity index (χ0n) is 9.25. The first kappa shape index (κ1) is 12.6. The third-order valence-electron chi connectivity index (χ3n) is 2.46. The zero-order valence-corrected chi connectivity index (χ0v) is 10.8. The first-order chi connectivity index (χ1) is 8.25. The lowest BCUT2D eigenvalue weighted by Gasteiger charge is -2.05. The van der Waals surface area contributed by atoms with Crippen molar-refractivity contribution >= 4 is 22.9 Å². The number of thiophene rings is 1. The SMILES string of the molecule is Fc1cc(Cl)ccc1CNCCc1cccs1. The van der Waals surface area contributed by atoms with Gasteiger partial charge in [-0.15, -0.1) is 11.3 Å². The standard InChI is InChI=1S/C13H13ClFNS/c14-11-4-3-10(13(15)8-11)9-16-6-5-12-2-1-7-17-12/h1-4,7-8,16H,5-6,9H2. The predicted octanol–water partition coefficient (Wildman–Crippen LogP) is 3.87. The highest BCUT2D eigenvalue weighted by molar-refractivity contribution is 7.09. The molecule has 0 aliphatic carbocycles. The van der Waals surface area contributed by atoms with Gasteiger partial charge in [0.1, 0.15) is 5.82 Å². The van der Waals surface area contributed by atoms with E-state index < -0.39 is 0 Å². The second kappa shape index (κ2) is 6.15. The monoisotopic (exact) mass is 269 g/mol. The van der Waals surface area contributed by atoms with Crippen molar-refractivity contribution in [2.75, 3.05) is 6.54 Å². The van der Waals surface area contributed by atoms with E-state index in [0.29, 0.717) is 17.1 Å². The third-order valence-corrected chi connectivity index (χ3v) is 3.63. The number of hydrogen-bond acceptors (Lipinski definition) is 2. The van der Waals surface area contributed by atoms with Crippen LogP contribution in [-0.4, -0.2) is 6.54 Å². The first-order valence-corrected chi connectivity index (χ1v) is 6.68. The molecule has 0 saturated carbocycles. The summed E-state index contributed by atoms with van der Waals surface area (Å²) in [6, 6.07) is 8.92. The molecule has 0 bridgehead atoms. The summed E-state index contributed by atoms with van der Waals surface area (Å²) < 4.78 is 13.4. The highest BCUT2D eigenvalue weighted by atomic mass is 35.5. The van der Waals surface area contributed by atoms with Gasteiger partial charge in [-0.25, -0.2) is 4.39 Å². The molecule has 90 valence electrons. The minimum atomic E-state index is -0.249. The largest absolute Gasteiger partial charge is 0.312 e. The molecule has 0 fully saturated rings. The van der Waals surface area contributed by atoms with Crippen molar-refractivity contribution in [3.05, 3.63) is 57.0 Å². The number of rotatable bonds is 5. The molecule has 4 heteroatoms. The molecule has 1 heterocycles. The van der Waals surface area contributed by atoms with Crippen LogP contribution in [0.5, 0.6) is 0 Å². The maximum atomic E-state index is 13.4. The second-order valence-corrected chi connectivity index (χ2v) is 5.21. The normalized spacial score (nSPS) is 10.7. The summed E-state index contributed by atoms with van der Waals surface area (Å²) >= 11 is 7.43. The average Bonchev–Trinajstić information content (AvgIpc) is 2.79. The molecule has 0 saturated heterocycles. The van der Waals surface area contributed by atoms with E-state index in [2.05, 4.69) is 16.8 Å². The fraction of sp³-hybridized carbons (Fsp3) is 0.231. The number of hydrogen-bond donors (Lipinski definition) is 1. The molecule has 0 amide bonds. The van der Waals surface area contributed by atoms with Gasteiger partial charge in [-0.2, -0.15) is 0 Å². The van der Waals surface area contributed by atoms with Gasteiger partial charge in [-0.3, -0.25) is 0 Å². The van der Waals surface area contributed by atoms with Gasteiger partial charge in [0.05, 0.1) is 0 Å². The lowest BCUT2D eigenvalue weighted by molar-refractivity contribution is 0.589. The van der Waals surface area contributed by atoms with Gasteiger partial charge in [-0.1, -0.05) is 23.7 Å². The van der Waals surface area contributed by atoms with Crippen LogP contribution < -0.4 is 5.32 Å². The van der Waals surface area contributed by atoms with Crippen LogP contribution in [0.15, 0.2) is 35.7 Å². The maximum absolute atomic E-state index is 13.4. The van der Waals surface area contributed by atoms with Crippen molar-refractivity contribution in [2.45, 2.75) is 13.0 Å². The maximum Gasteiger partial charge on any atom is 0.129 e. The molecule has 2 rings (SSSR count). The third kappa shape index (κ3) is 3.80. The van der Waals surface area contributed by atoms with Crippen molar-refractivity contribution in [2.24, 2.45) is 0 Å². The van der Waals surface area contributed by atoms with Crippen LogP contribution in [0.2, 0.25) is 5.02 Å². The highest BCUT2D eigenvalue weighted by Crippen LogP contribution is 2.14. The molecule has 1 aromatic carbocycles. The molecular formula is C13H13ClFNS. The first-order valence-electron chi connectivity index (χ1n) is 5.43. The van der Waals surface area contributed by atoms with Crippen LogP contribution in [0.1, 0.15) is 10.4 Å². The van der Waals surface area contributed by atoms with Gasteiger partial charge < -0.3 is 5.32 Å². The van der Waals surface area contributed by atoms with Crippen LogP contribution in [0.25, 0.3) is 0 Å². The molecule has 1 N–H and O–H groups in total. The van der Waals surface area contributed by atoms with Crippen molar-refractivity contribution in [3.8, 4) is 0 Å². The number of benzene rings is 1. The van der Waals surface area contributed by atoms with Gasteiger partial charge in [0.15, 0.2) is 0 Å². The number of nitrogens with one attached hydrogen (secondary N) is 1. The molecule has 0 atom stereocenters. The van der Waals surface area contributed by atoms with E-state index in [4.69, 9.17) is 11.6 Å². The minimum absolute atomic E-state index is 0.249. The van der Waals surface area contributed by atoms with Gasteiger partial charge in [0.25, 0.3) is 0 Å². The topological polar surface area (TPSA) is 12.0 Å². The van der Waals surface area contributed by atoms with Gasteiger partial charge in [0.2, 0.25) is 0 Å². The van der Waals surface area contributed by atoms with Gasteiger partial charge in [-0.05, 0) is 30.0 Å². The summed E-state index contributed by atoms with van der Waals surface area (Å²) in [6.45, 7) is 1.39. The molecule has 0 spiro atoms. The van der Waals surface area contributed by atoms with E-state index >= 15 is 0 Å². The Labute approximate surface area is 109 Å². The highest BCUT2D eigenvalue weighted by Gasteiger charge is 2.02. The van der Waals surface area contributed by atoms with E-state index in [1.165, 1.54) is 10.9 Å². The Morgan fingerprint density at radius 3 is 2.88 bits per heavy atom. The van der Waals surface area contributed by atoms with Crippen molar-refractivity contribution in [3.63, 3.8) is 0 Å². The summed E-state index contributed by atoms with van der Waals surface area (Å²) in [5.74, 6) is -0.249. The van der Waals surface area contributed by atoms with Gasteiger partial charge >= 0.3 is 0 Å². The number of halogens is 2. The zero-order chi connectivity index (χ0) is 12.1. The minimum Gasteiger partial charge on any atom is -0.312 e. The van der Waals surface area contributed by atoms with Crippen molar-refractivity contribution in [1.29, 1.82) is 0 Å². The van der Waals surface area contributed by atoms with Crippen molar-refractivity contribution < 1.29 is 4.39 Å². The Kier molecular flexibility index (Phi) is 4.54. The quantitative estimate of drug-likeness (QED) is 0.813. The summed E-state index contributed by atoms with van der Waals surface area (Å²) in [5, 5.41) is 5.72. The van der Waals surface area contributed by atoms with Gasteiger partial charge in [0, 0.05) is 28.6 Å². The predicted molar refractivity (Wildman–Crippen MR) is 71.1 cm³/mol. The Morgan fingerprint density at radius 1 is 1.29 bits per heavy atom. The average molecular weight is 270 g/mol. The lowest BCUT2D eigenvalue weighted by atomic mass is 10.2. The van der Waals surface area contributed by atoms with Crippen molar-refractivity contribution in [1.82, 2.24) is 5.32 Å². The van der Waals surface area contributed by atoms with E-state index in [1.807, 2.05) is 6.07 Å². The van der Waals surface area contributed by atoms with Crippen LogP contribution >= 0.6 is 22.9 Å². The Bertz CT molecular complexity index is 470. The molecule has 1 aromatic heterocycles. The smallest absolute Gasteiger partial charge is 0.129 e. The van der Waals surface area contributed by atoms with E-state index in [1.54, 1.807) is 23.5 Å². The summed E-state index contributed by atoms with van der Waals surface area (Å²) in [5.41, 5.74) is 0.653. The molecule has 0 aliphatic heterocycles. The molecule has 1 nitrogen and oxygen atoms in total. The second-order valence-electron chi connectivity index (χ2n) is 3.74. The summed E-state index contributed by atoms with van der Waals surface area (Å²) in [4.78, 5) is 1.34. The lowest BCUT2D eigenvalue weighted by Crippen LogP contribution is -2.17. The Morgan fingerprint density at radius 2 is 2.18 bits per heavy atom.